The standard InChI is InChI=1S/C15H23BrN2O/c1-2-7-17-15(12-4-3-8-19-11-12)9-14-6-5-13(16)10-18-14/h5-6,10,12,15,17H,2-4,7-9,11H2,1H3. The van der Waals surface area contributed by atoms with E-state index >= 15 is 0 Å². The highest BCUT2D eigenvalue weighted by atomic mass is 79.9. The fourth-order valence-corrected chi connectivity index (χ4v) is 2.81. The molecule has 106 valence electrons. The lowest BCUT2D eigenvalue weighted by Crippen LogP contribution is -2.42. The number of ether oxygens (including phenoxy) is 1. The van der Waals surface area contributed by atoms with Crippen LogP contribution in [0.2, 0.25) is 0 Å². The second kappa shape index (κ2) is 7.98. The van der Waals surface area contributed by atoms with Crippen LogP contribution >= 0.6 is 15.9 Å². The van der Waals surface area contributed by atoms with E-state index < -0.39 is 0 Å². The predicted molar refractivity (Wildman–Crippen MR) is 81.3 cm³/mol. The Morgan fingerprint density at radius 1 is 1.53 bits per heavy atom. The number of halogens is 1. The smallest absolute Gasteiger partial charge is 0.0509 e. The molecule has 1 aromatic heterocycles. The number of pyridine rings is 1. The molecule has 1 aliphatic heterocycles. The summed E-state index contributed by atoms with van der Waals surface area (Å²) in [6.45, 7) is 5.09. The van der Waals surface area contributed by atoms with Crippen molar-refractivity contribution in [1.82, 2.24) is 10.3 Å². The van der Waals surface area contributed by atoms with Crippen molar-refractivity contribution in [2.75, 3.05) is 19.8 Å². The van der Waals surface area contributed by atoms with Crippen molar-refractivity contribution in [3.05, 3.63) is 28.5 Å². The molecule has 2 rings (SSSR count). The SMILES string of the molecule is CCCNC(Cc1ccc(Br)cn1)C1CCCOC1. The molecule has 1 saturated heterocycles. The molecule has 4 heteroatoms. The summed E-state index contributed by atoms with van der Waals surface area (Å²) < 4.78 is 6.67. The normalized spacial score (nSPS) is 21.3. The Balaban J connectivity index is 1.97. The summed E-state index contributed by atoms with van der Waals surface area (Å²) in [5.74, 6) is 0.616. The second-order valence-corrected chi connectivity index (χ2v) is 6.13. The molecule has 0 radical (unpaired) electrons. The number of hydrogen-bond donors (Lipinski definition) is 1. The summed E-state index contributed by atoms with van der Waals surface area (Å²) in [6.07, 6.45) is 6.48. The Morgan fingerprint density at radius 3 is 3.05 bits per heavy atom. The van der Waals surface area contributed by atoms with Gasteiger partial charge in [-0.2, -0.15) is 0 Å². The molecule has 2 heterocycles. The topological polar surface area (TPSA) is 34.2 Å². The van der Waals surface area contributed by atoms with Crippen LogP contribution in [0.3, 0.4) is 0 Å². The van der Waals surface area contributed by atoms with Gasteiger partial charge in [0, 0.05) is 35.4 Å². The molecule has 1 N–H and O–H groups in total. The van der Waals surface area contributed by atoms with E-state index in [4.69, 9.17) is 4.74 Å². The molecule has 0 aliphatic carbocycles. The van der Waals surface area contributed by atoms with Gasteiger partial charge in [0.1, 0.15) is 0 Å². The van der Waals surface area contributed by atoms with Crippen molar-refractivity contribution in [3.63, 3.8) is 0 Å². The van der Waals surface area contributed by atoms with E-state index in [0.717, 1.165) is 42.8 Å². The number of hydrogen-bond acceptors (Lipinski definition) is 3. The van der Waals surface area contributed by atoms with E-state index in [-0.39, 0.29) is 0 Å². The first-order valence-corrected chi connectivity index (χ1v) is 8.00. The summed E-state index contributed by atoms with van der Waals surface area (Å²) in [5.41, 5.74) is 1.15. The summed E-state index contributed by atoms with van der Waals surface area (Å²) in [6, 6.07) is 4.65. The van der Waals surface area contributed by atoms with Crippen molar-refractivity contribution in [1.29, 1.82) is 0 Å². The fraction of sp³-hybridized carbons (Fsp3) is 0.667. The third-order valence-electron chi connectivity index (χ3n) is 3.64. The minimum absolute atomic E-state index is 0.480. The van der Waals surface area contributed by atoms with Crippen LogP contribution in [-0.4, -0.2) is 30.8 Å². The molecule has 0 saturated carbocycles. The minimum Gasteiger partial charge on any atom is -0.381 e. The lowest BCUT2D eigenvalue weighted by molar-refractivity contribution is 0.0392. The fourth-order valence-electron chi connectivity index (χ4n) is 2.57. The summed E-state index contributed by atoms with van der Waals surface area (Å²) in [7, 11) is 0. The molecule has 1 aromatic rings. The third kappa shape index (κ3) is 4.86. The maximum atomic E-state index is 5.63. The molecule has 0 amide bonds. The third-order valence-corrected chi connectivity index (χ3v) is 4.11. The lowest BCUT2D eigenvalue weighted by Gasteiger charge is -2.31. The highest BCUT2D eigenvalue weighted by Gasteiger charge is 2.24. The molecule has 3 nitrogen and oxygen atoms in total. The quantitative estimate of drug-likeness (QED) is 0.871. The van der Waals surface area contributed by atoms with Crippen LogP contribution in [0, 0.1) is 5.92 Å². The zero-order chi connectivity index (χ0) is 13.5. The van der Waals surface area contributed by atoms with Crippen molar-refractivity contribution in [3.8, 4) is 0 Å². The van der Waals surface area contributed by atoms with Crippen molar-refractivity contribution in [2.45, 2.75) is 38.6 Å². The van der Waals surface area contributed by atoms with Gasteiger partial charge in [-0.25, -0.2) is 0 Å². The largest absolute Gasteiger partial charge is 0.381 e. The van der Waals surface area contributed by atoms with Crippen LogP contribution in [0.15, 0.2) is 22.8 Å². The van der Waals surface area contributed by atoms with Gasteiger partial charge >= 0.3 is 0 Å². The Labute approximate surface area is 124 Å². The number of rotatable bonds is 6. The zero-order valence-electron chi connectivity index (χ0n) is 11.6. The van der Waals surface area contributed by atoms with Crippen LogP contribution in [0.5, 0.6) is 0 Å². The van der Waals surface area contributed by atoms with Gasteiger partial charge in [0.15, 0.2) is 0 Å². The molecule has 19 heavy (non-hydrogen) atoms. The Bertz CT molecular complexity index is 363. The summed E-state index contributed by atoms with van der Waals surface area (Å²) >= 11 is 3.43. The van der Waals surface area contributed by atoms with Crippen molar-refractivity contribution >= 4 is 15.9 Å². The molecular weight excluding hydrogens is 304 g/mol. The average molecular weight is 327 g/mol. The Hall–Kier alpha value is -0.450. The van der Waals surface area contributed by atoms with Crippen LogP contribution in [-0.2, 0) is 11.2 Å². The van der Waals surface area contributed by atoms with Gasteiger partial charge in [0.25, 0.3) is 0 Å². The molecule has 1 aliphatic rings. The number of nitrogens with one attached hydrogen (secondary N) is 1. The van der Waals surface area contributed by atoms with E-state index in [0.29, 0.717) is 12.0 Å². The maximum Gasteiger partial charge on any atom is 0.0509 e. The maximum absolute atomic E-state index is 5.63. The molecule has 2 unspecified atom stereocenters. The first kappa shape index (κ1) is 14.9. The molecule has 2 atom stereocenters. The molecule has 0 spiro atoms. The van der Waals surface area contributed by atoms with Crippen LogP contribution in [0.25, 0.3) is 0 Å². The molecular formula is C15H23BrN2O. The van der Waals surface area contributed by atoms with Crippen LogP contribution in [0.4, 0.5) is 0 Å². The highest BCUT2D eigenvalue weighted by molar-refractivity contribution is 9.10. The van der Waals surface area contributed by atoms with Gasteiger partial charge in [-0.1, -0.05) is 6.92 Å². The molecule has 0 bridgehead atoms. The van der Waals surface area contributed by atoms with Crippen LogP contribution < -0.4 is 5.32 Å². The van der Waals surface area contributed by atoms with Gasteiger partial charge in [-0.3, -0.25) is 4.98 Å². The first-order chi connectivity index (χ1) is 9.29. The zero-order valence-corrected chi connectivity index (χ0v) is 13.2. The molecule has 0 aromatic carbocycles. The van der Waals surface area contributed by atoms with Gasteiger partial charge in [0.05, 0.1) is 6.61 Å². The van der Waals surface area contributed by atoms with Gasteiger partial charge in [0.2, 0.25) is 0 Å². The van der Waals surface area contributed by atoms with E-state index in [1.54, 1.807) is 0 Å². The van der Waals surface area contributed by atoms with Gasteiger partial charge < -0.3 is 10.1 Å². The first-order valence-electron chi connectivity index (χ1n) is 7.21. The average Bonchev–Trinajstić information content (AvgIpc) is 2.46. The highest BCUT2D eigenvalue weighted by Crippen LogP contribution is 2.20. The Kier molecular flexibility index (Phi) is 6.28. The summed E-state index contributed by atoms with van der Waals surface area (Å²) in [4.78, 5) is 4.49. The van der Waals surface area contributed by atoms with E-state index in [1.807, 2.05) is 6.20 Å². The summed E-state index contributed by atoms with van der Waals surface area (Å²) in [5, 5.41) is 3.67. The van der Waals surface area contributed by atoms with E-state index in [1.165, 1.54) is 12.8 Å². The lowest BCUT2D eigenvalue weighted by atomic mass is 9.90. The predicted octanol–water partition coefficient (Wildman–Crippen LogP) is 3.18. The van der Waals surface area contributed by atoms with Crippen molar-refractivity contribution in [2.24, 2.45) is 5.92 Å². The monoisotopic (exact) mass is 326 g/mol. The number of nitrogens with zero attached hydrogens (tertiary/aromatic N) is 1. The Morgan fingerprint density at radius 2 is 2.42 bits per heavy atom. The van der Waals surface area contributed by atoms with E-state index in [9.17, 15) is 0 Å². The number of aromatic nitrogens is 1. The van der Waals surface area contributed by atoms with Gasteiger partial charge in [-0.15, -0.1) is 0 Å². The van der Waals surface area contributed by atoms with Gasteiger partial charge in [-0.05, 0) is 59.8 Å². The van der Waals surface area contributed by atoms with E-state index in [2.05, 4.69) is 45.3 Å². The van der Waals surface area contributed by atoms with Crippen LogP contribution in [0.1, 0.15) is 31.9 Å². The minimum atomic E-state index is 0.480. The molecule has 1 fully saturated rings. The van der Waals surface area contributed by atoms with Crippen molar-refractivity contribution < 1.29 is 4.74 Å². The second-order valence-electron chi connectivity index (χ2n) is 5.21.